The lowest BCUT2D eigenvalue weighted by Crippen LogP contribution is -2.68. The minimum absolute atomic E-state index is 0.0248. The van der Waals surface area contributed by atoms with Crippen molar-refractivity contribution in [2.24, 2.45) is 18.1 Å². The number of nitrogen functional groups attached to an aromatic ring is 1. The molecule has 0 aliphatic carbocycles. The van der Waals surface area contributed by atoms with Gasteiger partial charge in [0.1, 0.15) is 25.1 Å². The van der Waals surface area contributed by atoms with Crippen molar-refractivity contribution >= 4 is 50.2 Å². The van der Waals surface area contributed by atoms with Gasteiger partial charge in [0.05, 0.1) is 17.1 Å². The minimum atomic E-state index is -4.99. The number of aryl methyl sites for hydroxylation is 2. The number of carboxylic acid groups (broad SMARTS) is 1. The second-order valence-corrected chi connectivity index (χ2v) is 14.5. The number of oxime groups is 1. The quantitative estimate of drug-likeness (QED) is 0.0447. The molecule has 2 aromatic heterocycles. The van der Waals surface area contributed by atoms with E-state index in [2.05, 4.69) is 19.7 Å². The fraction of sp³-hybridized carbons (Fsp3) is 0.419. The fourth-order valence-corrected chi connectivity index (χ4v) is 6.49. The van der Waals surface area contributed by atoms with Gasteiger partial charge in [-0.1, -0.05) is 17.3 Å². The van der Waals surface area contributed by atoms with Crippen molar-refractivity contribution in [1.29, 1.82) is 0 Å². The first kappa shape index (κ1) is 36.7. The van der Waals surface area contributed by atoms with E-state index in [0.717, 1.165) is 34.6 Å². The second-order valence-electron chi connectivity index (χ2n) is 12.6. The number of amides is 1. The molecule has 2 aliphatic heterocycles. The number of hydrogen-bond donors (Lipinski definition) is 5. The van der Waals surface area contributed by atoms with Crippen molar-refractivity contribution in [3.8, 4) is 16.9 Å². The van der Waals surface area contributed by atoms with Gasteiger partial charge in [-0.05, 0) is 44.0 Å². The Morgan fingerprint density at radius 2 is 1.88 bits per heavy atom. The first-order valence-corrected chi connectivity index (χ1v) is 17.6. The summed E-state index contributed by atoms with van der Waals surface area (Å²) in [5.74, 6) is -3.82. The van der Waals surface area contributed by atoms with Crippen LogP contribution in [0.15, 0.2) is 53.1 Å². The number of thiazole rings is 1. The smallest absolute Gasteiger partial charge is 0.418 e. The molecule has 50 heavy (non-hydrogen) atoms. The van der Waals surface area contributed by atoms with Crippen molar-refractivity contribution in [3.63, 3.8) is 0 Å². The van der Waals surface area contributed by atoms with Gasteiger partial charge in [0.15, 0.2) is 28.5 Å². The van der Waals surface area contributed by atoms with Gasteiger partial charge in [0, 0.05) is 42.9 Å². The molecule has 17 nitrogen and oxygen atoms in total. The van der Waals surface area contributed by atoms with E-state index in [4.69, 9.17) is 19.9 Å². The average molecular weight is 734 g/mol. The molecule has 2 atom stereocenters. The summed E-state index contributed by atoms with van der Waals surface area (Å²) in [4.78, 5) is 47.3. The number of pyridine rings is 1. The summed E-state index contributed by atoms with van der Waals surface area (Å²) < 4.78 is 43.3. The predicted octanol–water partition coefficient (Wildman–Crippen LogP) is 0.667. The van der Waals surface area contributed by atoms with Crippen LogP contribution in [0.1, 0.15) is 38.1 Å². The number of rotatable bonds is 16. The summed E-state index contributed by atoms with van der Waals surface area (Å²) >= 11 is 0.985. The minimum Gasteiger partial charge on any atom is -0.489 e. The Morgan fingerprint density at radius 3 is 2.42 bits per heavy atom. The predicted molar refractivity (Wildman–Crippen MR) is 177 cm³/mol. The summed E-state index contributed by atoms with van der Waals surface area (Å²) in [6.07, 6.45) is 1.23. The van der Waals surface area contributed by atoms with Gasteiger partial charge in [0.25, 0.3) is 12.0 Å². The molecule has 2 aliphatic rings. The Kier molecular flexibility index (Phi) is 10.6. The van der Waals surface area contributed by atoms with Crippen LogP contribution in [0.5, 0.6) is 5.75 Å². The zero-order chi connectivity index (χ0) is 36.4. The van der Waals surface area contributed by atoms with Gasteiger partial charge in [-0.15, -0.1) is 15.6 Å². The lowest BCUT2D eigenvalue weighted by molar-refractivity contribution is -0.678. The van der Waals surface area contributed by atoms with E-state index in [9.17, 15) is 33.0 Å². The van der Waals surface area contributed by atoms with Crippen molar-refractivity contribution < 1.29 is 56.0 Å². The van der Waals surface area contributed by atoms with Crippen molar-refractivity contribution in [2.45, 2.75) is 50.4 Å². The molecular weight excluding hydrogens is 697 g/mol. The lowest BCUT2D eigenvalue weighted by Gasteiger charge is -2.50. The summed E-state index contributed by atoms with van der Waals surface area (Å²) in [6, 6.07) is 11.0. The maximum atomic E-state index is 13.4. The van der Waals surface area contributed by atoms with E-state index >= 15 is 0 Å². The Morgan fingerprint density at radius 1 is 1.20 bits per heavy atom. The molecule has 2 saturated heterocycles. The number of nitrogens with zero attached hydrogens (tertiary/aromatic N) is 4. The Labute approximate surface area is 291 Å². The average Bonchev–Trinajstić information content (AvgIpc) is 3.47. The summed E-state index contributed by atoms with van der Waals surface area (Å²) in [6.45, 7) is 3.56. The third kappa shape index (κ3) is 8.42. The van der Waals surface area contributed by atoms with Crippen LogP contribution in [0, 0.1) is 5.92 Å². The van der Waals surface area contributed by atoms with Gasteiger partial charge in [-0.3, -0.25) is 14.1 Å². The van der Waals surface area contributed by atoms with Crippen LogP contribution >= 0.6 is 11.3 Å². The maximum absolute atomic E-state index is 13.4. The van der Waals surface area contributed by atoms with E-state index in [-0.39, 0.29) is 10.8 Å². The molecule has 4 heterocycles. The molecule has 0 radical (unpaired) electrons. The molecule has 0 bridgehead atoms. The molecule has 19 heteroatoms. The number of ether oxygens (including phenoxy) is 1. The number of β-amino-alcohol motifs (C(OH)–C–C–N with tert-alkyl or cyclic N) is 1. The SMILES string of the molecule is C[n+]1cc(-c2ccc(OCC(O/N=C(\C(=O)C[C@@H]3C(=O)N(OS(=O)(=O)O)C3(C)C)c3csc(N)n3)C(=O)O)cc2)ccc1CCC1(O)CNC1. The number of nitrogens with one attached hydrogen (secondary N) is 1. The van der Waals surface area contributed by atoms with Gasteiger partial charge < -0.3 is 30.8 Å². The number of aromatic nitrogens is 2. The first-order valence-electron chi connectivity index (χ1n) is 15.3. The zero-order valence-corrected chi connectivity index (χ0v) is 28.9. The van der Waals surface area contributed by atoms with Crippen molar-refractivity contribution in [2.75, 3.05) is 25.4 Å². The number of Topliss-reactive ketones (excluding diaryl/α,β-unsaturated/α-hetero) is 1. The number of aliphatic carboxylic acids is 1. The highest BCUT2D eigenvalue weighted by molar-refractivity contribution is 7.80. The number of ketones is 1. The van der Waals surface area contributed by atoms with E-state index in [1.807, 2.05) is 42.1 Å². The number of hydrogen-bond acceptors (Lipinski definition) is 14. The zero-order valence-electron chi connectivity index (χ0n) is 27.3. The molecule has 6 N–H and O–H groups in total. The molecule has 2 fully saturated rings. The highest BCUT2D eigenvalue weighted by Crippen LogP contribution is 2.40. The molecular formula is C31H37N6O11S2+. The number of aliphatic hydroxyl groups is 1. The van der Waals surface area contributed by atoms with Crippen LogP contribution in [0.3, 0.4) is 0 Å². The number of carbonyl (C=O) groups is 3. The number of anilines is 1. The molecule has 0 spiro atoms. The molecule has 0 saturated carbocycles. The number of benzene rings is 1. The van der Waals surface area contributed by atoms with Crippen LogP contribution in [-0.2, 0) is 47.4 Å². The van der Waals surface area contributed by atoms with E-state index in [1.165, 1.54) is 19.2 Å². The summed E-state index contributed by atoms with van der Waals surface area (Å²) in [7, 11) is -3.05. The number of carbonyl (C=O) groups excluding carboxylic acids is 2. The number of nitrogens with two attached hydrogens (primary N) is 1. The third-order valence-corrected chi connectivity index (χ3v) is 9.60. The normalized spacial score (nSPS) is 18.9. The molecule has 3 aromatic rings. The fourth-order valence-electron chi connectivity index (χ4n) is 5.48. The topological polar surface area (TPSA) is 244 Å². The van der Waals surface area contributed by atoms with Crippen LogP contribution in [-0.4, -0.2) is 93.5 Å². The Balaban J connectivity index is 1.22. The second kappa shape index (κ2) is 14.4. The van der Waals surface area contributed by atoms with E-state index < -0.39 is 70.0 Å². The van der Waals surface area contributed by atoms with Crippen molar-refractivity contribution in [1.82, 2.24) is 15.4 Å². The monoisotopic (exact) mass is 733 g/mol. The maximum Gasteiger partial charge on any atom is 0.418 e. The molecule has 268 valence electrons. The van der Waals surface area contributed by atoms with Crippen LogP contribution in [0.25, 0.3) is 11.1 Å². The lowest BCUT2D eigenvalue weighted by atomic mass is 9.74. The van der Waals surface area contributed by atoms with E-state index in [0.29, 0.717) is 30.3 Å². The van der Waals surface area contributed by atoms with Crippen molar-refractivity contribution in [3.05, 3.63) is 59.4 Å². The van der Waals surface area contributed by atoms with Crippen LogP contribution < -0.4 is 20.4 Å². The molecule has 1 unspecified atom stereocenters. The van der Waals surface area contributed by atoms with E-state index in [1.54, 1.807) is 12.1 Å². The first-order chi connectivity index (χ1) is 23.5. The Hall–Kier alpha value is -4.53. The van der Waals surface area contributed by atoms with Gasteiger partial charge in [0.2, 0.25) is 0 Å². The van der Waals surface area contributed by atoms with Gasteiger partial charge >= 0.3 is 16.4 Å². The molecule has 1 amide bonds. The van der Waals surface area contributed by atoms with Gasteiger partial charge in [-0.2, -0.15) is 13.5 Å². The molecule has 5 rings (SSSR count). The third-order valence-electron chi connectivity index (χ3n) is 8.59. The largest absolute Gasteiger partial charge is 0.489 e. The van der Waals surface area contributed by atoms with Crippen LogP contribution in [0.2, 0.25) is 0 Å². The number of carboxylic acids is 1. The molecule has 1 aromatic carbocycles. The Bertz CT molecular complexity index is 1910. The van der Waals surface area contributed by atoms with Gasteiger partial charge in [-0.25, -0.2) is 14.3 Å². The highest BCUT2D eigenvalue weighted by atomic mass is 32.3. The van der Waals surface area contributed by atoms with Crippen LogP contribution in [0.4, 0.5) is 5.13 Å². The summed E-state index contributed by atoms with van der Waals surface area (Å²) in [5.41, 5.74) is 6.23. The summed E-state index contributed by atoms with van der Waals surface area (Å²) in [5, 5.41) is 29.0. The number of hydroxylamine groups is 2. The number of β-lactam (4-membered cyclic amide) rings is 1. The standard InChI is InChI=1S/C31H36N6O11S2/c1-30(2)22(27(39)37(30)48-50(43,44)45)12-24(38)26(23-15-49-29(32)34-23)35-47-25(28(40)41)14-46-21-8-5-18(6-9-21)19-4-7-20(36(3)13-19)10-11-31(42)16-33-17-31/h4-9,13,15,22,25,33,42H,10-12,14,16-17H2,1-3H3,(H3-,32,34,40,41,43,44,45)/p+1/b35-26-/t22-,25?/m1/s1. The highest BCUT2D eigenvalue weighted by Gasteiger charge is 2.57.